The maximum atomic E-state index is 13.9. The van der Waals surface area contributed by atoms with E-state index in [9.17, 15) is 89.0 Å². The number of hydrogen-bond donors (Lipinski definition) is 2. The molecule has 1 aromatic carbocycles. The topological polar surface area (TPSA) is 101 Å². The average molecular weight is 628 g/mol. The SMILES string of the molecule is O=C(O)c1ccc(OC(=O)C(F)(F)C(F)(F)C(F)(F)C(F)(F)C(F)(F)C(F)(F)C(F)(F)C(F)(F)F)cc1C(=O)O. The lowest BCUT2D eigenvalue weighted by Crippen LogP contribution is -2.75. The molecule has 228 valence electrons. The Kier molecular flexibility index (Phi) is 8.21. The zero-order valence-corrected chi connectivity index (χ0v) is 17.7. The third kappa shape index (κ3) is 4.71. The molecule has 23 heteroatoms. The highest BCUT2D eigenvalue weighted by atomic mass is 19.4. The van der Waals surface area contributed by atoms with E-state index in [1.54, 1.807) is 0 Å². The number of esters is 1. The number of halogens is 17. The summed E-state index contributed by atoms with van der Waals surface area (Å²) in [7, 11) is 0. The molecule has 0 fully saturated rings. The van der Waals surface area contributed by atoms with E-state index in [1.165, 1.54) is 0 Å². The Morgan fingerprint density at radius 2 is 0.875 bits per heavy atom. The average Bonchev–Trinajstić information content (AvgIpc) is 2.76. The number of alkyl halides is 17. The monoisotopic (exact) mass is 628 g/mol. The van der Waals surface area contributed by atoms with Crippen molar-refractivity contribution >= 4 is 17.9 Å². The van der Waals surface area contributed by atoms with Crippen molar-refractivity contribution in [3.63, 3.8) is 0 Å². The fourth-order valence-corrected chi connectivity index (χ4v) is 2.41. The molecule has 0 atom stereocenters. The van der Waals surface area contributed by atoms with Gasteiger partial charge in [0.2, 0.25) is 0 Å². The Balaban J connectivity index is 3.62. The Bertz CT molecular complexity index is 1190. The Labute approximate surface area is 205 Å². The molecule has 0 saturated heterocycles. The van der Waals surface area contributed by atoms with Crippen LogP contribution in [-0.2, 0) is 4.79 Å². The molecule has 1 rings (SSSR count). The Morgan fingerprint density at radius 1 is 0.525 bits per heavy atom. The molecule has 0 unspecified atom stereocenters. The van der Waals surface area contributed by atoms with Crippen LogP contribution in [0.15, 0.2) is 18.2 Å². The van der Waals surface area contributed by atoms with Crippen molar-refractivity contribution in [1.82, 2.24) is 0 Å². The van der Waals surface area contributed by atoms with Crippen LogP contribution in [0.5, 0.6) is 5.75 Å². The summed E-state index contributed by atoms with van der Waals surface area (Å²) in [4.78, 5) is 33.2. The third-order valence-corrected chi connectivity index (χ3v) is 4.64. The first kappa shape index (κ1) is 34.5. The lowest BCUT2D eigenvalue weighted by molar-refractivity contribution is -0.459. The van der Waals surface area contributed by atoms with Crippen molar-refractivity contribution in [2.45, 2.75) is 47.6 Å². The Hall–Kier alpha value is -3.56. The van der Waals surface area contributed by atoms with E-state index in [0.717, 1.165) is 0 Å². The predicted octanol–water partition coefficient (Wildman–Crippen LogP) is 6.00. The molecule has 0 aromatic heterocycles. The van der Waals surface area contributed by atoms with Crippen LogP contribution in [0.25, 0.3) is 0 Å². The first-order chi connectivity index (χ1) is 17.4. The van der Waals surface area contributed by atoms with Gasteiger partial charge in [0.05, 0.1) is 11.1 Å². The second-order valence-corrected chi connectivity index (χ2v) is 7.23. The summed E-state index contributed by atoms with van der Waals surface area (Å²) < 4.78 is 228. The van der Waals surface area contributed by atoms with E-state index in [4.69, 9.17) is 10.2 Å². The van der Waals surface area contributed by atoms with Crippen molar-refractivity contribution in [3.05, 3.63) is 29.3 Å². The summed E-state index contributed by atoms with van der Waals surface area (Å²) in [6.45, 7) is 0. The van der Waals surface area contributed by atoms with Crippen molar-refractivity contribution < 1.29 is 104 Å². The van der Waals surface area contributed by atoms with E-state index in [-0.39, 0.29) is 18.2 Å². The highest BCUT2D eigenvalue weighted by Gasteiger charge is 2.96. The van der Waals surface area contributed by atoms with Crippen molar-refractivity contribution in [3.8, 4) is 5.75 Å². The number of aromatic carboxylic acids is 2. The number of carbonyl (C=O) groups is 3. The van der Waals surface area contributed by atoms with Crippen LogP contribution in [0.4, 0.5) is 74.6 Å². The van der Waals surface area contributed by atoms with E-state index < -0.39 is 82.4 Å². The van der Waals surface area contributed by atoms with Crippen molar-refractivity contribution in [1.29, 1.82) is 0 Å². The Morgan fingerprint density at radius 3 is 1.23 bits per heavy atom. The maximum absolute atomic E-state index is 13.9. The first-order valence-electron chi connectivity index (χ1n) is 8.92. The highest BCUT2D eigenvalue weighted by Crippen LogP contribution is 2.64. The summed E-state index contributed by atoms with van der Waals surface area (Å²) in [5, 5.41) is 17.5. The number of ether oxygens (including phenoxy) is 1. The summed E-state index contributed by atoms with van der Waals surface area (Å²) >= 11 is 0. The molecule has 0 aliphatic rings. The number of carbonyl (C=O) groups excluding carboxylic acids is 1. The quantitative estimate of drug-likeness (QED) is 0.188. The van der Waals surface area contributed by atoms with Gasteiger partial charge in [-0.2, -0.15) is 74.6 Å². The molecule has 0 heterocycles. The number of hydrogen-bond acceptors (Lipinski definition) is 4. The number of benzene rings is 1. The van der Waals surface area contributed by atoms with Crippen LogP contribution in [-0.4, -0.2) is 75.8 Å². The maximum Gasteiger partial charge on any atom is 0.460 e. The van der Waals surface area contributed by atoms with Crippen molar-refractivity contribution in [2.75, 3.05) is 0 Å². The minimum Gasteiger partial charge on any atom is -0.478 e. The molecular formula is C17H5F17O6. The second-order valence-electron chi connectivity index (χ2n) is 7.23. The molecular weight excluding hydrogens is 623 g/mol. The van der Waals surface area contributed by atoms with Crippen LogP contribution in [0.3, 0.4) is 0 Å². The largest absolute Gasteiger partial charge is 0.478 e. The predicted molar refractivity (Wildman–Crippen MR) is 86.7 cm³/mol. The molecule has 0 radical (unpaired) electrons. The van der Waals surface area contributed by atoms with Gasteiger partial charge < -0.3 is 14.9 Å². The molecule has 2 N–H and O–H groups in total. The highest BCUT2D eigenvalue weighted by molar-refractivity contribution is 6.02. The zero-order chi connectivity index (χ0) is 32.3. The molecule has 0 spiro atoms. The van der Waals surface area contributed by atoms with Gasteiger partial charge in [-0.25, -0.2) is 14.4 Å². The molecule has 0 aliphatic carbocycles. The van der Waals surface area contributed by atoms with Crippen LogP contribution < -0.4 is 4.74 Å². The van der Waals surface area contributed by atoms with Gasteiger partial charge in [-0.1, -0.05) is 0 Å². The van der Waals surface area contributed by atoms with Gasteiger partial charge in [-0.05, 0) is 18.2 Å². The van der Waals surface area contributed by atoms with E-state index in [1.807, 2.05) is 0 Å². The molecule has 0 amide bonds. The lowest BCUT2D eigenvalue weighted by atomic mass is 9.89. The van der Waals surface area contributed by atoms with Crippen LogP contribution >= 0.6 is 0 Å². The first-order valence-corrected chi connectivity index (χ1v) is 8.92. The lowest BCUT2D eigenvalue weighted by Gasteiger charge is -2.42. The van der Waals surface area contributed by atoms with Gasteiger partial charge in [0, 0.05) is 0 Å². The smallest absolute Gasteiger partial charge is 0.460 e. The van der Waals surface area contributed by atoms with Gasteiger partial charge in [-0.3, -0.25) is 0 Å². The fraction of sp³-hybridized carbons (Fsp3) is 0.471. The number of carboxylic acid groups (broad SMARTS) is 2. The number of carboxylic acids is 2. The summed E-state index contributed by atoms with van der Waals surface area (Å²) in [6.07, 6.45) is -7.92. The van der Waals surface area contributed by atoms with E-state index >= 15 is 0 Å². The van der Waals surface area contributed by atoms with Crippen LogP contribution in [0, 0.1) is 0 Å². The van der Waals surface area contributed by atoms with E-state index in [0.29, 0.717) is 0 Å². The van der Waals surface area contributed by atoms with Gasteiger partial charge in [0.25, 0.3) is 0 Å². The normalized spacial score (nSPS) is 14.6. The molecule has 6 nitrogen and oxygen atoms in total. The van der Waals surface area contributed by atoms with E-state index in [2.05, 4.69) is 4.74 Å². The summed E-state index contributed by atoms with van der Waals surface area (Å²) in [5.41, 5.74) is -2.69. The van der Waals surface area contributed by atoms with Crippen LogP contribution in [0.1, 0.15) is 20.7 Å². The van der Waals surface area contributed by atoms with Gasteiger partial charge in [-0.15, -0.1) is 0 Å². The van der Waals surface area contributed by atoms with Gasteiger partial charge in [0.15, 0.2) is 0 Å². The van der Waals surface area contributed by atoms with Crippen molar-refractivity contribution in [2.24, 2.45) is 0 Å². The van der Waals surface area contributed by atoms with Gasteiger partial charge >= 0.3 is 65.5 Å². The third-order valence-electron chi connectivity index (χ3n) is 4.64. The molecule has 0 bridgehead atoms. The molecule has 40 heavy (non-hydrogen) atoms. The minimum atomic E-state index is -8.91. The van der Waals surface area contributed by atoms with Crippen LogP contribution in [0.2, 0.25) is 0 Å². The molecule has 0 saturated carbocycles. The summed E-state index contributed by atoms with van der Waals surface area (Å²) in [6, 6.07) is -0.113. The second kappa shape index (κ2) is 9.52. The van der Waals surface area contributed by atoms with Gasteiger partial charge in [0.1, 0.15) is 5.75 Å². The molecule has 0 aliphatic heterocycles. The fourth-order valence-electron chi connectivity index (χ4n) is 2.41. The minimum absolute atomic E-state index is 0.00267. The summed E-state index contributed by atoms with van der Waals surface area (Å²) in [5.74, 6) is -69.8. The number of rotatable bonds is 10. The molecule has 1 aromatic rings. The standard InChI is InChI=1S/C17H5F17O6/c18-10(19,9(39)40-4-1-2-5(7(35)36)6(3-4)8(37)38)11(20,21)12(22,23)13(24,25)14(26,27)15(28,29)16(30,31)17(32,33)34/h1-3H,(H,35,36)(H,37,38). The zero-order valence-electron chi connectivity index (χ0n) is 17.7.